The lowest BCUT2D eigenvalue weighted by molar-refractivity contribution is 0.521. The van der Waals surface area contributed by atoms with E-state index in [0.29, 0.717) is 17.5 Å². The third-order valence-electron chi connectivity index (χ3n) is 10.1. The molecule has 1 atom stereocenters. The van der Waals surface area contributed by atoms with Crippen LogP contribution in [0.2, 0.25) is 0 Å². The molecule has 0 amide bonds. The number of hydrogen-bond donors (Lipinski definition) is 0. The number of imidazole rings is 1. The normalized spacial score (nSPS) is 12.5. The molecule has 4 heterocycles. The minimum absolute atomic E-state index is 0.313. The van der Waals surface area contributed by atoms with Gasteiger partial charge in [-0.2, -0.15) is 0 Å². The van der Waals surface area contributed by atoms with Crippen molar-refractivity contribution < 1.29 is 4.42 Å². The second kappa shape index (κ2) is 11.8. The number of aromatic nitrogens is 4. The second-order valence-corrected chi connectivity index (χ2v) is 13.6. The minimum atomic E-state index is 0.313. The zero-order valence-corrected chi connectivity index (χ0v) is 28.6. The van der Waals surface area contributed by atoms with Gasteiger partial charge in [-0.25, -0.2) is 9.97 Å². The van der Waals surface area contributed by atoms with Gasteiger partial charge in [0.1, 0.15) is 11.4 Å². The van der Waals surface area contributed by atoms with Crippen molar-refractivity contribution >= 4 is 44.0 Å². The quantitative estimate of drug-likeness (QED) is 0.180. The van der Waals surface area contributed by atoms with E-state index >= 15 is 0 Å². The number of hydrogen-bond acceptors (Lipinski definition) is 4. The molecule has 0 saturated heterocycles. The predicted octanol–water partition coefficient (Wildman–Crippen LogP) is 11.9. The van der Waals surface area contributed by atoms with Crippen LogP contribution in [0, 0.1) is 12.8 Å². The van der Waals surface area contributed by atoms with E-state index in [0.717, 1.165) is 89.0 Å². The molecule has 0 aliphatic heterocycles. The minimum Gasteiger partial charge on any atom is -0.437 e. The van der Waals surface area contributed by atoms with Crippen LogP contribution in [0.4, 0.5) is 0 Å². The molecule has 5 aromatic carbocycles. The summed E-state index contributed by atoms with van der Waals surface area (Å²) in [6, 6.07) is 46.9. The van der Waals surface area contributed by atoms with Gasteiger partial charge in [0.2, 0.25) is 5.71 Å². The molecule has 0 N–H and O–H groups in total. The van der Waals surface area contributed by atoms with Crippen molar-refractivity contribution in [1.29, 1.82) is 0 Å². The molecule has 0 saturated carbocycles. The van der Waals surface area contributed by atoms with Crippen LogP contribution < -0.4 is 0 Å². The molecule has 9 aromatic rings. The number of fused-ring (bicyclic) bond motifs is 6. The Kier molecular flexibility index (Phi) is 7.09. The highest BCUT2D eigenvalue weighted by Crippen LogP contribution is 2.44. The Morgan fingerprint density at radius 2 is 1.18 bits per heavy atom. The summed E-state index contributed by atoms with van der Waals surface area (Å²) in [5.41, 5.74) is 12.7. The summed E-state index contributed by atoms with van der Waals surface area (Å²) in [4.78, 5) is 15.4. The molecular formula is C45H36N4O. The van der Waals surface area contributed by atoms with Crippen LogP contribution in [0.1, 0.15) is 38.1 Å². The summed E-state index contributed by atoms with van der Waals surface area (Å²) in [6.07, 6.45) is 0. The fraction of sp³-hybridized carbons (Fsp3) is 0.133. The smallest absolute Gasteiger partial charge is 0.227 e. The number of pyridine rings is 2. The largest absolute Gasteiger partial charge is 0.437 e. The molecule has 4 aromatic heterocycles. The Bertz CT molecular complexity index is 2650. The molecule has 5 nitrogen and oxygen atoms in total. The highest BCUT2D eigenvalue weighted by molar-refractivity contribution is 6.11. The monoisotopic (exact) mass is 648 g/mol. The Morgan fingerprint density at radius 1 is 0.540 bits per heavy atom. The van der Waals surface area contributed by atoms with E-state index in [9.17, 15) is 0 Å². The van der Waals surface area contributed by atoms with Gasteiger partial charge in [0.05, 0.1) is 27.8 Å². The maximum absolute atomic E-state index is 6.75. The summed E-state index contributed by atoms with van der Waals surface area (Å²) < 4.78 is 9.10. The van der Waals surface area contributed by atoms with Crippen LogP contribution in [0.25, 0.3) is 83.3 Å². The molecule has 0 aliphatic rings. The SMILES string of the molecule is Cc1ccc2c(ccc3nc(-c4cccc5c4oc4nc(C(C)C(C)C)ccc45)n(-c4c(-c5ccccc5)cccc4-c4ccccc4)c32)n1. The topological polar surface area (TPSA) is 56.7 Å². The predicted molar refractivity (Wildman–Crippen MR) is 206 cm³/mol. The third-order valence-corrected chi connectivity index (χ3v) is 10.1. The van der Waals surface area contributed by atoms with Gasteiger partial charge < -0.3 is 4.42 Å². The zero-order valence-electron chi connectivity index (χ0n) is 28.6. The van der Waals surface area contributed by atoms with Gasteiger partial charge in [-0.1, -0.05) is 112 Å². The van der Waals surface area contributed by atoms with Gasteiger partial charge in [-0.05, 0) is 66.4 Å². The van der Waals surface area contributed by atoms with Crippen LogP contribution in [0.3, 0.4) is 0 Å². The molecule has 0 spiro atoms. The van der Waals surface area contributed by atoms with Gasteiger partial charge in [-0.15, -0.1) is 0 Å². The lowest BCUT2D eigenvalue weighted by Gasteiger charge is -2.20. The molecule has 0 aliphatic carbocycles. The maximum atomic E-state index is 6.75. The zero-order chi connectivity index (χ0) is 33.9. The Balaban J connectivity index is 1.43. The number of para-hydroxylation sites is 2. The number of furan rings is 1. The molecular weight excluding hydrogens is 613 g/mol. The molecule has 0 bridgehead atoms. The molecule has 50 heavy (non-hydrogen) atoms. The van der Waals surface area contributed by atoms with Crippen LogP contribution in [0.15, 0.2) is 138 Å². The van der Waals surface area contributed by atoms with Gasteiger partial charge in [0.15, 0.2) is 0 Å². The highest BCUT2D eigenvalue weighted by Gasteiger charge is 2.25. The summed E-state index contributed by atoms with van der Waals surface area (Å²) in [6.45, 7) is 8.73. The number of aryl methyl sites for hydroxylation is 1. The summed E-state index contributed by atoms with van der Waals surface area (Å²) in [5.74, 6) is 1.58. The first-order chi connectivity index (χ1) is 24.5. The fourth-order valence-electron chi connectivity index (χ4n) is 7.22. The Labute approximate surface area is 290 Å². The van der Waals surface area contributed by atoms with Crippen LogP contribution in [-0.2, 0) is 0 Å². The van der Waals surface area contributed by atoms with Gasteiger partial charge >= 0.3 is 0 Å². The lowest BCUT2D eigenvalue weighted by Crippen LogP contribution is -2.04. The van der Waals surface area contributed by atoms with Crippen LogP contribution in [-0.4, -0.2) is 19.5 Å². The molecule has 1 unspecified atom stereocenters. The Hall–Kier alpha value is -6.07. The van der Waals surface area contributed by atoms with E-state index in [1.54, 1.807) is 0 Å². The second-order valence-electron chi connectivity index (χ2n) is 13.6. The number of nitrogens with zero attached hydrogens (tertiary/aromatic N) is 4. The van der Waals surface area contributed by atoms with Crippen molar-refractivity contribution in [3.63, 3.8) is 0 Å². The van der Waals surface area contributed by atoms with Gasteiger partial charge in [0, 0.05) is 44.6 Å². The van der Waals surface area contributed by atoms with Crippen molar-refractivity contribution in [2.75, 3.05) is 0 Å². The van der Waals surface area contributed by atoms with E-state index in [-0.39, 0.29) is 0 Å². The van der Waals surface area contributed by atoms with E-state index in [1.165, 1.54) is 0 Å². The highest BCUT2D eigenvalue weighted by atomic mass is 16.3. The Morgan fingerprint density at radius 3 is 1.88 bits per heavy atom. The number of rotatable bonds is 6. The molecule has 5 heteroatoms. The van der Waals surface area contributed by atoms with Gasteiger partial charge in [0.25, 0.3) is 0 Å². The van der Waals surface area contributed by atoms with Crippen molar-refractivity contribution in [3.05, 3.63) is 145 Å². The molecule has 0 radical (unpaired) electrons. The average molecular weight is 649 g/mol. The molecule has 0 fully saturated rings. The first-order valence-corrected chi connectivity index (χ1v) is 17.3. The van der Waals surface area contributed by atoms with Crippen molar-refractivity contribution in [3.8, 4) is 39.3 Å². The van der Waals surface area contributed by atoms with Crippen LogP contribution in [0.5, 0.6) is 0 Å². The molecule has 9 rings (SSSR count). The maximum Gasteiger partial charge on any atom is 0.227 e. The van der Waals surface area contributed by atoms with Crippen molar-refractivity contribution in [1.82, 2.24) is 19.5 Å². The van der Waals surface area contributed by atoms with E-state index in [4.69, 9.17) is 19.4 Å². The number of benzene rings is 5. The summed E-state index contributed by atoms with van der Waals surface area (Å²) in [5, 5.41) is 3.07. The van der Waals surface area contributed by atoms with Crippen molar-refractivity contribution in [2.45, 2.75) is 33.6 Å². The molecule has 242 valence electrons. The standard InChI is InChI=1S/C45H36N4O/c1-27(2)29(4)38-24-23-35-34-19-12-20-37(43(34)50-45(35)48-38)44-47-40-26-25-39-36(22-21-28(3)46-39)42(40)49(44)41-32(30-13-7-5-8-14-30)17-11-18-33(41)31-15-9-6-10-16-31/h5-27,29H,1-4H3. The van der Waals surface area contributed by atoms with E-state index in [1.807, 2.05) is 6.92 Å². The van der Waals surface area contributed by atoms with Crippen molar-refractivity contribution in [2.24, 2.45) is 5.92 Å². The summed E-state index contributed by atoms with van der Waals surface area (Å²) >= 11 is 0. The third kappa shape index (κ3) is 4.80. The van der Waals surface area contributed by atoms with Crippen LogP contribution >= 0.6 is 0 Å². The summed E-state index contributed by atoms with van der Waals surface area (Å²) in [7, 11) is 0. The average Bonchev–Trinajstić information content (AvgIpc) is 3.73. The lowest BCUT2D eigenvalue weighted by atomic mass is 9.94. The van der Waals surface area contributed by atoms with Gasteiger partial charge in [-0.3, -0.25) is 9.55 Å². The fourth-order valence-corrected chi connectivity index (χ4v) is 7.22. The van der Waals surface area contributed by atoms with E-state index < -0.39 is 0 Å². The first kappa shape index (κ1) is 30.0. The first-order valence-electron chi connectivity index (χ1n) is 17.3. The van der Waals surface area contributed by atoms with E-state index in [2.05, 4.69) is 159 Å².